The number of methoxy groups -OCH3 is 1. The number of hydrogen-bond acceptors (Lipinski definition) is 3. The molecule has 0 bridgehead atoms. The molecule has 1 rings (SSSR count). The number of ketones is 1. The lowest BCUT2D eigenvalue weighted by atomic mass is 9.92. The standard InChI is InChI=1S/C15H20O4/c1-5-11(15(17)18)14(16)10-6-7-13(19-4)12(8-10)9(2)3/h6-9,11H,5H2,1-4H3,(H,17,18). The topological polar surface area (TPSA) is 63.6 Å². The molecule has 0 aliphatic heterocycles. The normalized spacial score (nSPS) is 12.3. The van der Waals surface area contributed by atoms with E-state index in [1.165, 1.54) is 0 Å². The second kappa shape index (κ2) is 6.36. The molecule has 4 nitrogen and oxygen atoms in total. The van der Waals surface area contributed by atoms with Crippen molar-refractivity contribution in [2.45, 2.75) is 33.1 Å². The van der Waals surface area contributed by atoms with E-state index in [0.717, 1.165) is 11.3 Å². The Labute approximate surface area is 113 Å². The minimum absolute atomic E-state index is 0.201. The molecule has 104 valence electrons. The average Bonchev–Trinajstić information content (AvgIpc) is 2.38. The third-order valence-corrected chi connectivity index (χ3v) is 3.16. The van der Waals surface area contributed by atoms with Crippen LogP contribution < -0.4 is 4.74 Å². The highest BCUT2D eigenvalue weighted by Crippen LogP contribution is 2.28. The number of rotatable bonds is 6. The minimum Gasteiger partial charge on any atom is -0.496 e. The SMILES string of the molecule is CCC(C(=O)O)C(=O)c1ccc(OC)c(C(C)C)c1. The Morgan fingerprint density at radius 2 is 1.95 bits per heavy atom. The second-order valence-electron chi connectivity index (χ2n) is 4.77. The van der Waals surface area contributed by atoms with Gasteiger partial charge in [0, 0.05) is 5.56 Å². The maximum atomic E-state index is 12.2. The molecule has 1 aromatic carbocycles. The molecular formula is C15H20O4. The van der Waals surface area contributed by atoms with E-state index in [1.54, 1.807) is 32.2 Å². The summed E-state index contributed by atoms with van der Waals surface area (Å²) < 4.78 is 5.25. The lowest BCUT2D eigenvalue weighted by molar-refractivity contribution is -0.140. The first-order valence-electron chi connectivity index (χ1n) is 6.37. The van der Waals surface area contributed by atoms with Crippen molar-refractivity contribution in [1.29, 1.82) is 0 Å². The van der Waals surface area contributed by atoms with Crippen molar-refractivity contribution in [3.05, 3.63) is 29.3 Å². The van der Waals surface area contributed by atoms with Crippen LogP contribution in [-0.4, -0.2) is 24.0 Å². The summed E-state index contributed by atoms with van der Waals surface area (Å²) in [6.07, 6.45) is 0.289. The van der Waals surface area contributed by atoms with Gasteiger partial charge in [0.25, 0.3) is 0 Å². The fourth-order valence-electron chi connectivity index (χ4n) is 2.01. The predicted octanol–water partition coefficient (Wildman–Crippen LogP) is 3.11. The van der Waals surface area contributed by atoms with E-state index in [4.69, 9.17) is 9.84 Å². The van der Waals surface area contributed by atoms with Gasteiger partial charge in [0.2, 0.25) is 0 Å². The Hall–Kier alpha value is -1.84. The molecule has 0 fully saturated rings. The van der Waals surface area contributed by atoms with Gasteiger partial charge in [-0.05, 0) is 36.1 Å². The highest BCUT2D eigenvalue weighted by atomic mass is 16.5. The van der Waals surface area contributed by atoms with Gasteiger partial charge in [-0.2, -0.15) is 0 Å². The van der Waals surface area contributed by atoms with Crippen LogP contribution in [0.1, 0.15) is 49.0 Å². The summed E-state index contributed by atoms with van der Waals surface area (Å²) in [7, 11) is 1.58. The zero-order chi connectivity index (χ0) is 14.6. The van der Waals surface area contributed by atoms with Crippen LogP contribution in [0.2, 0.25) is 0 Å². The van der Waals surface area contributed by atoms with Gasteiger partial charge in [-0.15, -0.1) is 0 Å². The highest BCUT2D eigenvalue weighted by Gasteiger charge is 2.26. The van der Waals surface area contributed by atoms with Gasteiger partial charge in [-0.3, -0.25) is 9.59 Å². The number of aliphatic carboxylic acids is 1. The Balaban J connectivity index is 3.18. The predicted molar refractivity (Wildman–Crippen MR) is 72.8 cm³/mol. The smallest absolute Gasteiger partial charge is 0.314 e. The van der Waals surface area contributed by atoms with Gasteiger partial charge < -0.3 is 9.84 Å². The van der Waals surface area contributed by atoms with E-state index in [2.05, 4.69) is 0 Å². The van der Waals surface area contributed by atoms with Gasteiger partial charge in [-0.25, -0.2) is 0 Å². The Bertz CT molecular complexity index is 477. The number of Topliss-reactive ketones (excluding diaryl/α,β-unsaturated/α-hetero) is 1. The van der Waals surface area contributed by atoms with Crippen LogP contribution in [-0.2, 0) is 4.79 Å². The summed E-state index contributed by atoms with van der Waals surface area (Å²) in [6, 6.07) is 5.08. The van der Waals surface area contributed by atoms with Gasteiger partial charge in [-0.1, -0.05) is 20.8 Å². The van der Waals surface area contributed by atoms with Crippen LogP contribution in [0.4, 0.5) is 0 Å². The van der Waals surface area contributed by atoms with E-state index in [0.29, 0.717) is 5.56 Å². The summed E-state index contributed by atoms with van der Waals surface area (Å²) in [5.74, 6) is -1.48. The summed E-state index contributed by atoms with van der Waals surface area (Å²) in [4.78, 5) is 23.2. The molecule has 0 radical (unpaired) electrons. The maximum absolute atomic E-state index is 12.2. The Kier molecular flexibility index (Phi) is 5.10. The van der Waals surface area contributed by atoms with E-state index in [-0.39, 0.29) is 18.1 Å². The summed E-state index contributed by atoms with van der Waals surface area (Å²) >= 11 is 0. The first-order valence-corrected chi connectivity index (χ1v) is 6.37. The van der Waals surface area contributed by atoms with Gasteiger partial charge in [0.15, 0.2) is 5.78 Å². The molecule has 1 unspecified atom stereocenters. The lowest BCUT2D eigenvalue weighted by Gasteiger charge is -2.14. The van der Waals surface area contributed by atoms with Crippen molar-refractivity contribution >= 4 is 11.8 Å². The number of ether oxygens (including phenoxy) is 1. The molecule has 0 saturated heterocycles. The van der Waals surface area contributed by atoms with Crippen molar-refractivity contribution in [3.63, 3.8) is 0 Å². The number of carboxylic acids is 1. The van der Waals surface area contributed by atoms with E-state index in [1.807, 2.05) is 13.8 Å². The summed E-state index contributed by atoms with van der Waals surface area (Å²) in [6.45, 7) is 5.70. The largest absolute Gasteiger partial charge is 0.496 e. The first-order chi connectivity index (χ1) is 8.92. The van der Waals surface area contributed by atoms with Gasteiger partial charge >= 0.3 is 5.97 Å². The molecular weight excluding hydrogens is 244 g/mol. The molecule has 0 saturated carbocycles. The first kappa shape index (κ1) is 15.2. The molecule has 1 atom stereocenters. The molecule has 1 aromatic rings. The number of hydrogen-bond donors (Lipinski definition) is 1. The lowest BCUT2D eigenvalue weighted by Crippen LogP contribution is -2.23. The highest BCUT2D eigenvalue weighted by molar-refractivity contribution is 6.08. The molecule has 0 heterocycles. The van der Waals surface area contributed by atoms with Crippen LogP contribution in [0.3, 0.4) is 0 Å². The van der Waals surface area contributed by atoms with Crippen LogP contribution in [0.15, 0.2) is 18.2 Å². The third-order valence-electron chi connectivity index (χ3n) is 3.16. The molecule has 19 heavy (non-hydrogen) atoms. The maximum Gasteiger partial charge on any atom is 0.314 e. The van der Waals surface area contributed by atoms with Crippen LogP contribution in [0, 0.1) is 5.92 Å². The van der Waals surface area contributed by atoms with Crippen LogP contribution >= 0.6 is 0 Å². The number of carbonyl (C=O) groups is 2. The number of carboxylic acid groups (broad SMARTS) is 1. The monoisotopic (exact) mass is 264 g/mol. The average molecular weight is 264 g/mol. The minimum atomic E-state index is -1.07. The van der Waals surface area contributed by atoms with Crippen molar-refractivity contribution in [1.82, 2.24) is 0 Å². The summed E-state index contributed by atoms with van der Waals surface area (Å²) in [5.41, 5.74) is 1.34. The molecule has 0 aliphatic carbocycles. The Morgan fingerprint density at radius 3 is 2.37 bits per heavy atom. The molecule has 1 N–H and O–H groups in total. The molecule has 0 aliphatic rings. The van der Waals surface area contributed by atoms with Crippen molar-refractivity contribution < 1.29 is 19.4 Å². The van der Waals surface area contributed by atoms with Gasteiger partial charge in [0.1, 0.15) is 11.7 Å². The number of carbonyl (C=O) groups excluding carboxylic acids is 1. The van der Waals surface area contributed by atoms with Gasteiger partial charge in [0.05, 0.1) is 7.11 Å². The van der Waals surface area contributed by atoms with Crippen LogP contribution in [0.5, 0.6) is 5.75 Å². The Morgan fingerprint density at radius 1 is 1.32 bits per heavy atom. The zero-order valence-corrected chi connectivity index (χ0v) is 11.8. The third kappa shape index (κ3) is 3.34. The van der Waals surface area contributed by atoms with E-state index >= 15 is 0 Å². The molecule has 0 aromatic heterocycles. The molecule has 0 spiro atoms. The fourth-order valence-corrected chi connectivity index (χ4v) is 2.01. The number of benzene rings is 1. The van der Waals surface area contributed by atoms with E-state index in [9.17, 15) is 9.59 Å². The van der Waals surface area contributed by atoms with Crippen molar-refractivity contribution in [3.8, 4) is 5.75 Å². The quantitative estimate of drug-likeness (QED) is 0.633. The van der Waals surface area contributed by atoms with Crippen molar-refractivity contribution in [2.75, 3.05) is 7.11 Å². The van der Waals surface area contributed by atoms with Crippen molar-refractivity contribution in [2.24, 2.45) is 5.92 Å². The second-order valence-corrected chi connectivity index (χ2v) is 4.77. The summed E-state index contributed by atoms with van der Waals surface area (Å²) in [5, 5.41) is 9.04. The fraction of sp³-hybridized carbons (Fsp3) is 0.467. The zero-order valence-electron chi connectivity index (χ0n) is 11.8. The van der Waals surface area contributed by atoms with E-state index < -0.39 is 11.9 Å². The molecule has 4 heteroatoms. The molecule has 0 amide bonds. The van der Waals surface area contributed by atoms with Crippen LogP contribution in [0.25, 0.3) is 0 Å².